The number of nitrogens with one attached hydrogen (secondary N) is 1. The number of anilines is 1. The predicted octanol–water partition coefficient (Wildman–Crippen LogP) is 5.65. The van der Waals surface area contributed by atoms with Gasteiger partial charge in [-0.05, 0) is 49.6 Å². The molecule has 0 fully saturated rings. The number of amides is 1. The van der Waals surface area contributed by atoms with E-state index >= 15 is 0 Å². The molecule has 3 nitrogen and oxygen atoms in total. The van der Waals surface area contributed by atoms with Crippen LogP contribution in [0.1, 0.15) is 34.8 Å². The molecule has 1 N–H and O–H groups in total. The van der Waals surface area contributed by atoms with E-state index in [1.54, 1.807) is 12.1 Å². The molecule has 0 radical (unpaired) electrons. The van der Waals surface area contributed by atoms with Crippen LogP contribution in [0.3, 0.4) is 0 Å². The lowest BCUT2D eigenvalue weighted by molar-refractivity contribution is 0.102. The first-order valence-electron chi connectivity index (χ1n) is 7.42. The zero-order valence-electron chi connectivity index (χ0n) is 13.4. The van der Waals surface area contributed by atoms with Crippen molar-refractivity contribution in [2.75, 3.05) is 11.9 Å². The van der Waals surface area contributed by atoms with Crippen LogP contribution in [0, 0.1) is 13.8 Å². The van der Waals surface area contributed by atoms with Gasteiger partial charge in [0.2, 0.25) is 0 Å². The van der Waals surface area contributed by atoms with Crippen LogP contribution in [0.5, 0.6) is 5.75 Å². The van der Waals surface area contributed by atoms with Gasteiger partial charge in [-0.25, -0.2) is 0 Å². The maximum absolute atomic E-state index is 12.4. The van der Waals surface area contributed by atoms with Gasteiger partial charge in [-0.15, -0.1) is 0 Å². The Morgan fingerprint density at radius 1 is 1.13 bits per heavy atom. The second kappa shape index (κ2) is 7.71. The van der Waals surface area contributed by atoms with Gasteiger partial charge in [-0.2, -0.15) is 0 Å². The van der Waals surface area contributed by atoms with Crippen molar-refractivity contribution in [2.45, 2.75) is 27.2 Å². The first-order valence-corrected chi connectivity index (χ1v) is 8.18. The Hall–Kier alpha value is -1.71. The van der Waals surface area contributed by atoms with E-state index in [1.165, 1.54) is 0 Å². The van der Waals surface area contributed by atoms with Gasteiger partial charge in [0.05, 0.1) is 16.7 Å². The van der Waals surface area contributed by atoms with E-state index < -0.39 is 0 Å². The minimum absolute atomic E-state index is 0.260. The normalized spacial score (nSPS) is 10.5. The van der Waals surface area contributed by atoms with Crippen molar-refractivity contribution in [3.8, 4) is 5.75 Å². The van der Waals surface area contributed by atoms with Gasteiger partial charge in [0.15, 0.2) is 5.75 Å². The zero-order chi connectivity index (χ0) is 17.0. The van der Waals surface area contributed by atoms with Crippen LogP contribution in [0.15, 0.2) is 30.3 Å². The smallest absolute Gasteiger partial charge is 0.255 e. The third-order valence-electron chi connectivity index (χ3n) is 3.35. The Balaban J connectivity index is 2.24. The summed E-state index contributed by atoms with van der Waals surface area (Å²) in [6.45, 7) is 6.43. The van der Waals surface area contributed by atoms with Gasteiger partial charge in [-0.3, -0.25) is 4.79 Å². The molecule has 0 spiro atoms. The molecule has 0 aliphatic carbocycles. The van der Waals surface area contributed by atoms with Gasteiger partial charge < -0.3 is 10.1 Å². The van der Waals surface area contributed by atoms with E-state index in [2.05, 4.69) is 5.32 Å². The summed E-state index contributed by atoms with van der Waals surface area (Å²) in [5, 5.41) is 3.55. The van der Waals surface area contributed by atoms with Crippen LogP contribution in [0.4, 0.5) is 5.69 Å². The molecular formula is C18H19Cl2NO2. The summed E-state index contributed by atoms with van der Waals surface area (Å²) in [5.74, 6) is 0.156. The fourth-order valence-corrected chi connectivity index (χ4v) is 2.69. The Kier molecular flexibility index (Phi) is 5.91. The molecule has 1 amide bonds. The monoisotopic (exact) mass is 351 g/mol. The maximum atomic E-state index is 12.4. The van der Waals surface area contributed by atoms with Crippen molar-refractivity contribution in [1.82, 2.24) is 0 Å². The molecule has 5 heteroatoms. The minimum Gasteiger partial charge on any atom is -0.490 e. The summed E-state index contributed by atoms with van der Waals surface area (Å²) in [6.07, 6.45) is 0.849. The summed E-state index contributed by atoms with van der Waals surface area (Å²) in [4.78, 5) is 12.4. The van der Waals surface area contributed by atoms with Crippen LogP contribution >= 0.6 is 23.2 Å². The number of benzene rings is 2. The predicted molar refractivity (Wildman–Crippen MR) is 96.1 cm³/mol. The fourth-order valence-electron chi connectivity index (χ4n) is 2.10. The van der Waals surface area contributed by atoms with Crippen molar-refractivity contribution in [2.24, 2.45) is 0 Å². The number of carbonyl (C=O) groups is 1. The van der Waals surface area contributed by atoms with E-state index in [0.29, 0.717) is 28.0 Å². The Labute approximate surface area is 146 Å². The highest BCUT2D eigenvalue weighted by Gasteiger charge is 2.15. The third kappa shape index (κ3) is 4.40. The largest absolute Gasteiger partial charge is 0.490 e. The van der Waals surface area contributed by atoms with E-state index in [1.807, 2.05) is 39.0 Å². The number of halogens is 2. The first kappa shape index (κ1) is 17.6. The maximum Gasteiger partial charge on any atom is 0.255 e. The highest BCUT2D eigenvalue weighted by atomic mass is 35.5. The third-order valence-corrected chi connectivity index (χ3v) is 3.91. The molecule has 0 saturated heterocycles. The summed E-state index contributed by atoms with van der Waals surface area (Å²) in [6, 6.07) is 9.03. The molecule has 0 bridgehead atoms. The van der Waals surface area contributed by atoms with E-state index in [9.17, 15) is 4.79 Å². The molecule has 2 aromatic rings. The van der Waals surface area contributed by atoms with Gasteiger partial charge in [0, 0.05) is 11.3 Å². The topological polar surface area (TPSA) is 38.3 Å². The lowest BCUT2D eigenvalue weighted by Crippen LogP contribution is -2.13. The number of hydrogen-bond donors (Lipinski definition) is 1. The summed E-state index contributed by atoms with van der Waals surface area (Å²) in [5.41, 5.74) is 3.23. The highest BCUT2D eigenvalue weighted by molar-refractivity contribution is 6.37. The lowest BCUT2D eigenvalue weighted by Gasteiger charge is -2.12. The lowest BCUT2D eigenvalue weighted by atomic mass is 10.1. The molecule has 23 heavy (non-hydrogen) atoms. The molecule has 0 heterocycles. The zero-order valence-corrected chi connectivity index (χ0v) is 14.9. The van der Waals surface area contributed by atoms with Gasteiger partial charge in [0.1, 0.15) is 0 Å². The van der Waals surface area contributed by atoms with Crippen LogP contribution in [-0.4, -0.2) is 12.5 Å². The Morgan fingerprint density at radius 3 is 2.39 bits per heavy atom. The second-order valence-corrected chi connectivity index (χ2v) is 6.20. The van der Waals surface area contributed by atoms with Gasteiger partial charge in [0.25, 0.3) is 5.91 Å². The Morgan fingerprint density at radius 2 is 1.78 bits per heavy atom. The quantitative estimate of drug-likeness (QED) is 0.755. The SMILES string of the molecule is CCCOc1c(Cl)cc(C(=O)Nc2cc(C)ccc2C)cc1Cl. The van der Waals surface area contributed by atoms with Crippen LogP contribution < -0.4 is 10.1 Å². The summed E-state index contributed by atoms with van der Waals surface area (Å²) in [7, 11) is 0. The van der Waals surface area contributed by atoms with Crippen molar-refractivity contribution < 1.29 is 9.53 Å². The number of aryl methyl sites for hydroxylation is 2. The van der Waals surface area contributed by atoms with Crippen LogP contribution in [0.2, 0.25) is 10.0 Å². The fraction of sp³-hybridized carbons (Fsp3) is 0.278. The van der Waals surface area contributed by atoms with Crippen molar-refractivity contribution in [3.63, 3.8) is 0 Å². The summed E-state index contributed by atoms with van der Waals surface area (Å²) < 4.78 is 5.51. The number of rotatable bonds is 5. The molecule has 0 unspecified atom stereocenters. The summed E-state index contributed by atoms with van der Waals surface area (Å²) >= 11 is 12.4. The molecule has 0 aliphatic rings. The van der Waals surface area contributed by atoms with Crippen molar-refractivity contribution >= 4 is 34.8 Å². The van der Waals surface area contributed by atoms with E-state index in [-0.39, 0.29) is 5.91 Å². The average Bonchev–Trinajstić information content (AvgIpc) is 2.50. The first-order chi connectivity index (χ1) is 10.9. The van der Waals surface area contributed by atoms with Crippen molar-refractivity contribution in [1.29, 1.82) is 0 Å². The molecule has 0 atom stereocenters. The molecule has 0 saturated carbocycles. The molecule has 0 aliphatic heterocycles. The van der Waals surface area contributed by atoms with Crippen LogP contribution in [-0.2, 0) is 0 Å². The highest BCUT2D eigenvalue weighted by Crippen LogP contribution is 2.34. The molecule has 0 aromatic heterocycles. The molecular weight excluding hydrogens is 333 g/mol. The van der Waals surface area contributed by atoms with E-state index in [0.717, 1.165) is 23.2 Å². The molecule has 122 valence electrons. The second-order valence-electron chi connectivity index (χ2n) is 5.39. The minimum atomic E-state index is -0.260. The van der Waals surface area contributed by atoms with Gasteiger partial charge >= 0.3 is 0 Å². The van der Waals surface area contributed by atoms with Crippen molar-refractivity contribution in [3.05, 3.63) is 57.1 Å². The number of carbonyl (C=O) groups excluding carboxylic acids is 1. The number of hydrogen-bond acceptors (Lipinski definition) is 2. The van der Waals surface area contributed by atoms with Crippen LogP contribution in [0.25, 0.3) is 0 Å². The van der Waals surface area contributed by atoms with E-state index in [4.69, 9.17) is 27.9 Å². The number of ether oxygens (including phenoxy) is 1. The molecule has 2 aromatic carbocycles. The standard InChI is InChI=1S/C18H19Cl2NO2/c1-4-7-23-17-14(19)9-13(10-15(17)20)18(22)21-16-8-11(2)5-6-12(16)3/h5-6,8-10H,4,7H2,1-3H3,(H,21,22). The molecule has 2 rings (SSSR count). The Bertz CT molecular complexity index is 706. The van der Waals surface area contributed by atoms with Gasteiger partial charge in [-0.1, -0.05) is 42.3 Å². The average molecular weight is 352 g/mol.